The van der Waals surface area contributed by atoms with Gasteiger partial charge in [-0.3, -0.25) is 9.59 Å². The lowest BCUT2D eigenvalue weighted by molar-refractivity contribution is -0.133. The average molecular weight is 311 g/mol. The van der Waals surface area contributed by atoms with Crippen molar-refractivity contribution in [2.75, 3.05) is 0 Å². The number of benzene rings is 2. The van der Waals surface area contributed by atoms with Crippen molar-refractivity contribution in [1.82, 2.24) is 5.32 Å². The number of hydrogen-bond acceptors (Lipinski definition) is 3. The van der Waals surface area contributed by atoms with E-state index < -0.39 is 23.5 Å². The second-order valence-corrected chi connectivity index (χ2v) is 5.39. The SMILES string of the molecule is Cc1ccc(C(O)=C2C(=O)C(=O)N[C@@H]2c2ccccc2F)cc1. The van der Waals surface area contributed by atoms with Crippen molar-refractivity contribution in [3.63, 3.8) is 0 Å². The minimum absolute atomic E-state index is 0.135. The Labute approximate surface area is 132 Å². The van der Waals surface area contributed by atoms with Crippen LogP contribution in [0.3, 0.4) is 0 Å². The van der Waals surface area contributed by atoms with E-state index in [9.17, 15) is 19.1 Å². The van der Waals surface area contributed by atoms with E-state index in [1.165, 1.54) is 18.2 Å². The van der Waals surface area contributed by atoms with Gasteiger partial charge in [0.05, 0.1) is 11.6 Å². The maximum atomic E-state index is 14.0. The Morgan fingerprint density at radius 1 is 1.09 bits per heavy atom. The summed E-state index contributed by atoms with van der Waals surface area (Å²) >= 11 is 0. The summed E-state index contributed by atoms with van der Waals surface area (Å²) in [6, 6.07) is 11.7. The fraction of sp³-hybridized carbons (Fsp3) is 0.111. The number of amides is 1. The van der Waals surface area contributed by atoms with Crippen molar-refractivity contribution >= 4 is 17.4 Å². The summed E-state index contributed by atoms with van der Waals surface area (Å²) < 4.78 is 14.0. The van der Waals surface area contributed by atoms with Gasteiger partial charge >= 0.3 is 0 Å². The van der Waals surface area contributed by atoms with Gasteiger partial charge in [-0.15, -0.1) is 0 Å². The van der Waals surface area contributed by atoms with Crippen molar-refractivity contribution in [3.05, 3.63) is 76.6 Å². The number of aliphatic hydroxyl groups excluding tert-OH is 1. The van der Waals surface area contributed by atoms with Gasteiger partial charge in [0.2, 0.25) is 0 Å². The Morgan fingerprint density at radius 3 is 2.39 bits per heavy atom. The molecular weight excluding hydrogens is 297 g/mol. The third-order valence-electron chi connectivity index (χ3n) is 3.81. The third kappa shape index (κ3) is 2.61. The molecule has 1 heterocycles. The highest BCUT2D eigenvalue weighted by Crippen LogP contribution is 2.33. The summed E-state index contributed by atoms with van der Waals surface area (Å²) in [6.07, 6.45) is 0. The van der Waals surface area contributed by atoms with Crippen LogP contribution in [0.25, 0.3) is 5.76 Å². The van der Waals surface area contributed by atoms with Gasteiger partial charge in [-0.25, -0.2) is 4.39 Å². The quantitative estimate of drug-likeness (QED) is 0.509. The summed E-state index contributed by atoms with van der Waals surface area (Å²) in [5, 5.41) is 12.9. The number of halogens is 1. The molecule has 23 heavy (non-hydrogen) atoms. The van der Waals surface area contributed by atoms with Crippen LogP contribution in [-0.4, -0.2) is 16.8 Å². The zero-order chi connectivity index (χ0) is 16.6. The predicted octanol–water partition coefficient (Wildman–Crippen LogP) is 2.84. The summed E-state index contributed by atoms with van der Waals surface area (Å²) in [7, 11) is 0. The van der Waals surface area contributed by atoms with Gasteiger partial charge < -0.3 is 10.4 Å². The molecule has 1 fully saturated rings. The number of Topliss-reactive ketones (excluding diaryl/α,β-unsaturated/α-hetero) is 1. The zero-order valence-corrected chi connectivity index (χ0v) is 12.3. The molecule has 0 spiro atoms. The van der Waals surface area contributed by atoms with Crippen molar-refractivity contribution in [2.45, 2.75) is 13.0 Å². The fourth-order valence-electron chi connectivity index (χ4n) is 2.58. The van der Waals surface area contributed by atoms with Crippen LogP contribution in [0, 0.1) is 12.7 Å². The minimum Gasteiger partial charge on any atom is -0.507 e. The predicted molar refractivity (Wildman–Crippen MR) is 83.0 cm³/mol. The number of aryl methyl sites for hydroxylation is 1. The maximum Gasteiger partial charge on any atom is 0.293 e. The Hall–Kier alpha value is -2.95. The van der Waals surface area contributed by atoms with Gasteiger partial charge in [-0.1, -0.05) is 48.0 Å². The third-order valence-corrected chi connectivity index (χ3v) is 3.81. The Bertz CT molecular complexity index is 824. The molecular formula is C18H14FNO3. The fourth-order valence-corrected chi connectivity index (χ4v) is 2.58. The molecule has 1 amide bonds. The van der Waals surface area contributed by atoms with Gasteiger partial charge in [0.1, 0.15) is 11.6 Å². The molecule has 1 atom stereocenters. The van der Waals surface area contributed by atoms with E-state index in [-0.39, 0.29) is 16.9 Å². The van der Waals surface area contributed by atoms with E-state index in [0.29, 0.717) is 5.56 Å². The minimum atomic E-state index is -1.00. The second-order valence-electron chi connectivity index (χ2n) is 5.39. The van der Waals surface area contributed by atoms with Crippen molar-refractivity contribution < 1.29 is 19.1 Å². The standard InChI is InChI=1S/C18H14FNO3/c1-10-6-8-11(9-7-10)16(21)14-15(20-18(23)17(14)22)12-4-2-3-5-13(12)19/h2-9,15,21H,1H3,(H,20,23)/t15-/m1/s1. The van der Waals surface area contributed by atoms with Crippen molar-refractivity contribution in [1.29, 1.82) is 0 Å². The molecule has 0 saturated carbocycles. The van der Waals surface area contributed by atoms with E-state index >= 15 is 0 Å². The highest BCUT2D eigenvalue weighted by molar-refractivity contribution is 6.46. The second kappa shape index (κ2) is 5.68. The largest absolute Gasteiger partial charge is 0.507 e. The Morgan fingerprint density at radius 2 is 1.74 bits per heavy atom. The van der Waals surface area contributed by atoms with Crippen LogP contribution in [0.2, 0.25) is 0 Å². The molecule has 0 radical (unpaired) electrons. The van der Waals surface area contributed by atoms with Crippen molar-refractivity contribution in [3.8, 4) is 0 Å². The Balaban J connectivity index is 2.15. The first-order chi connectivity index (χ1) is 11.0. The average Bonchev–Trinajstić information content (AvgIpc) is 2.83. The highest BCUT2D eigenvalue weighted by Gasteiger charge is 2.40. The lowest BCUT2D eigenvalue weighted by Gasteiger charge is -2.14. The molecule has 0 aliphatic carbocycles. The molecule has 2 aromatic rings. The number of ketones is 1. The van der Waals surface area contributed by atoms with Crippen LogP contribution >= 0.6 is 0 Å². The highest BCUT2D eigenvalue weighted by atomic mass is 19.1. The van der Waals surface area contributed by atoms with Crippen LogP contribution in [0.15, 0.2) is 54.1 Å². The molecule has 2 N–H and O–H groups in total. The zero-order valence-electron chi connectivity index (χ0n) is 12.3. The number of carbonyl (C=O) groups excluding carboxylic acids is 2. The smallest absolute Gasteiger partial charge is 0.293 e. The summed E-state index contributed by atoms with van der Waals surface area (Å²) in [5.41, 5.74) is 1.39. The van der Waals surface area contributed by atoms with E-state index in [4.69, 9.17) is 0 Å². The van der Waals surface area contributed by atoms with Gasteiger partial charge in [-0.05, 0) is 13.0 Å². The summed E-state index contributed by atoms with van der Waals surface area (Å²) in [5.74, 6) is -2.58. The van der Waals surface area contributed by atoms with Gasteiger partial charge in [-0.2, -0.15) is 0 Å². The first-order valence-electron chi connectivity index (χ1n) is 7.09. The molecule has 0 bridgehead atoms. The summed E-state index contributed by atoms with van der Waals surface area (Å²) in [6.45, 7) is 1.89. The van der Waals surface area contributed by atoms with Crippen LogP contribution in [0.5, 0.6) is 0 Å². The topological polar surface area (TPSA) is 66.4 Å². The first kappa shape index (κ1) is 15.0. The number of carbonyl (C=O) groups is 2. The van der Waals surface area contributed by atoms with Gasteiger partial charge in [0, 0.05) is 11.1 Å². The molecule has 0 aromatic heterocycles. The van der Waals surface area contributed by atoms with Gasteiger partial charge in [0.25, 0.3) is 11.7 Å². The van der Waals surface area contributed by atoms with Crippen LogP contribution in [0.4, 0.5) is 4.39 Å². The molecule has 116 valence electrons. The molecule has 1 aliphatic rings. The molecule has 5 heteroatoms. The molecule has 1 aliphatic heterocycles. The van der Waals surface area contributed by atoms with Crippen LogP contribution < -0.4 is 5.32 Å². The molecule has 2 aromatic carbocycles. The lowest BCUT2D eigenvalue weighted by Crippen LogP contribution is -2.21. The van der Waals surface area contributed by atoms with E-state index in [0.717, 1.165) is 5.56 Å². The monoisotopic (exact) mass is 311 g/mol. The summed E-state index contributed by atoms with van der Waals surface area (Å²) in [4.78, 5) is 23.9. The van der Waals surface area contributed by atoms with E-state index in [2.05, 4.69) is 5.32 Å². The first-order valence-corrected chi connectivity index (χ1v) is 7.09. The molecule has 3 rings (SSSR count). The van der Waals surface area contributed by atoms with Crippen LogP contribution in [0.1, 0.15) is 22.7 Å². The molecule has 0 unspecified atom stereocenters. The number of aliphatic hydroxyl groups is 1. The number of hydrogen-bond donors (Lipinski definition) is 2. The lowest BCUT2D eigenvalue weighted by atomic mass is 9.95. The van der Waals surface area contributed by atoms with Crippen LogP contribution in [-0.2, 0) is 9.59 Å². The maximum absolute atomic E-state index is 14.0. The van der Waals surface area contributed by atoms with Gasteiger partial charge in [0.15, 0.2) is 0 Å². The normalized spacial score (nSPS) is 19.7. The number of rotatable bonds is 2. The number of nitrogens with one attached hydrogen (secondary N) is 1. The molecule has 1 saturated heterocycles. The molecule has 4 nitrogen and oxygen atoms in total. The van der Waals surface area contributed by atoms with Crippen molar-refractivity contribution in [2.24, 2.45) is 0 Å². The van der Waals surface area contributed by atoms with E-state index in [1.54, 1.807) is 30.3 Å². The van der Waals surface area contributed by atoms with E-state index in [1.807, 2.05) is 6.92 Å². The Kier molecular flexibility index (Phi) is 3.70.